The molecule has 0 amide bonds. The number of rotatable bonds is 10. The van der Waals surface area contributed by atoms with Crippen LogP contribution in [-0.2, 0) is 24.6 Å². The molecule has 18 heteroatoms. The minimum Gasteiger partial charge on any atom is -0.495 e. The van der Waals surface area contributed by atoms with Gasteiger partial charge in [0.15, 0.2) is 19.9 Å². The molecule has 6 rings (SSSR count). The normalized spacial score (nSPS) is 13.7. The highest BCUT2D eigenvalue weighted by atomic mass is 35.5. The smallest absolute Gasteiger partial charge is 0.267 e. The minimum atomic E-state index is -4.73. The van der Waals surface area contributed by atoms with Crippen LogP contribution < -0.4 is 19.7 Å². The van der Waals surface area contributed by atoms with Crippen molar-refractivity contribution in [3.8, 4) is 27.6 Å². The van der Waals surface area contributed by atoms with Crippen molar-refractivity contribution in [2.75, 3.05) is 54.6 Å². The number of halogens is 3. The van der Waals surface area contributed by atoms with E-state index < -0.39 is 36.4 Å². The maximum atomic E-state index is 14.4. The summed E-state index contributed by atoms with van der Waals surface area (Å²) in [4.78, 5) is 15.4. The van der Waals surface area contributed by atoms with Gasteiger partial charge in [0.05, 0.1) is 57.9 Å². The third-order valence-corrected chi connectivity index (χ3v) is 11.4. The fourth-order valence-electron chi connectivity index (χ4n) is 4.96. The molecule has 1 saturated heterocycles. The maximum absolute atomic E-state index is 14.4. The van der Waals surface area contributed by atoms with Crippen LogP contribution in [0, 0.1) is 11.6 Å². The number of sulfonamides is 1. The highest BCUT2D eigenvalue weighted by Crippen LogP contribution is 2.44. The molecule has 12 nitrogen and oxygen atoms in total. The summed E-state index contributed by atoms with van der Waals surface area (Å²) in [6.45, 7) is 2.12. The van der Waals surface area contributed by atoms with Crippen LogP contribution in [0.2, 0.25) is 5.02 Å². The van der Waals surface area contributed by atoms with E-state index in [9.17, 15) is 25.6 Å². The summed E-state index contributed by atoms with van der Waals surface area (Å²) in [6.07, 6.45) is 2.60. The number of methoxy groups -OCH3 is 1. The fraction of sp³-hybridized carbons (Fsp3) is 0.194. The molecule has 3 heterocycles. The lowest BCUT2D eigenvalue weighted by Gasteiger charge is -2.26. The molecule has 0 spiro atoms. The van der Waals surface area contributed by atoms with Gasteiger partial charge >= 0.3 is 0 Å². The Morgan fingerprint density at radius 3 is 2.37 bits per heavy atom. The average Bonchev–Trinajstić information content (AvgIpc) is 3.51. The predicted octanol–water partition coefficient (Wildman–Crippen LogP) is 5.99. The summed E-state index contributed by atoms with van der Waals surface area (Å²) in [5.74, 6) is -2.04. The van der Waals surface area contributed by atoms with Gasteiger partial charge in [-0.1, -0.05) is 41.1 Å². The van der Waals surface area contributed by atoms with Crippen LogP contribution in [0.4, 0.5) is 31.2 Å². The number of thiazole rings is 1. The monoisotopic (exact) mass is 748 g/mol. The molecule has 2 aromatic heterocycles. The molecule has 1 aliphatic heterocycles. The molecule has 0 aliphatic carbocycles. The summed E-state index contributed by atoms with van der Waals surface area (Å²) < 4.78 is 92.6. The molecule has 1 aliphatic rings. The molecule has 0 saturated carbocycles. The molecule has 256 valence electrons. The standard InChI is InChI=1S/C31H27ClF2N6O6S3/c1-45-25-10-9-18(48(2,41)42)17-24(25)37-30-35-12-11-23(36-30)28-27(38-31(47-28)40-13-15-46-16-14-40)19-5-3-8-22(26(19)32)39-49(43,44)29-20(33)6-4-7-21(29)34/h3-12,17,39H,13-16H2,1-2H3,(H,35,36,37). The summed E-state index contributed by atoms with van der Waals surface area (Å²) >= 11 is 8.11. The van der Waals surface area contributed by atoms with Crippen LogP contribution in [0.15, 0.2) is 76.7 Å². The molecular weight excluding hydrogens is 722 g/mol. The number of hydrogen-bond acceptors (Lipinski definition) is 12. The largest absolute Gasteiger partial charge is 0.495 e. The van der Waals surface area contributed by atoms with Crippen LogP contribution in [0.1, 0.15) is 0 Å². The Labute approximate surface area is 289 Å². The Balaban J connectivity index is 1.42. The molecular formula is C31H27ClF2N6O6S3. The van der Waals surface area contributed by atoms with E-state index in [-0.39, 0.29) is 21.6 Å². The zero-order valence-electron chi connectivity index (χ0n) is 25.8. The molecule has 2 N–H and O–H groups in total. The summed E-state index contributed by atoms with van der Waals surface area (Å²) in [5.41, 5.74) is 1.28. The molecule has 0 unspecified atom stereocenters. The van der Waals surface area contributed by atoms with Gasteiger partial charge in [-0.15, -0.1) is 0 Å². The van der Waals surface area contributed by atoms with Gasteiger partial charge in [0.25, 0.3) is 10.0 Å². The second-order valence-corrected chi connectivity index (χ2v) is 15.6. The average molecular weight is 749 g/mol. The van der Waals surface area contributed by atoms with Crippen LogP contribution in [0.3, 0.4) is 0 Å². The topological polar surface area (TPSA) is 153 Å². The lowest BCUT2D eigenvalue weighted by Crippen LogP contribution is -2.36. The molecule has 3 aromatic carbocycles. The van der Waals surface area contributed by atoms with Gasteiger partial charge in [0, 0.05) is 31.1 Å². The quantitative estimate of drug-likeness (QED) is 0.173. The highest BCUT2D eigenvalue weighted by molar-refractivity contribution is 7.92. The Kier molecular flexibility index (Phi) is 9.72. The van der Waals surface area contributed by atoms with Gasteiger partial charge in [0.1, 0.15) is 17.4 Å². The van der Waals surface area contributed by atoms with Gasteiger partial charge < -0.3 is 19.7 Å². The molecule has 5 aromatic rings. The summed E-state index contributed by atoms with van der Waals surface area (Å²) in [7, 11) is -6.81. The van der Waals surface area contributed by atoms with E-state index in [1.807, 2.05) is 4.90 Å². The summed E-state index contributed by atoms with van der Waals surface area (Å²) in [5, 5.41) is 3.58. The van der Waals surface area contributed by atoms with E-state index in [0.29, 0.717) is 64.7 Å². The maximum Gasteiger partial charge on any atom is 0.267 e. The van der Waals surface area contributed by atoms with Crippen molar-refractivity contribution >= 4 is 65.3 Å². The number of benzene rings is 3. The Hall–Kier alpha value is -4.42. The number of morpholine rings is 1. The lowest BCUT2D eigenvalue weighted by atomic mass is 10.1. The van der Waals surface area contributed by atoms with E-state index in [1.165, 1.54) is 55.0 Å². The van der Waals surface area contributed by atoms with E-state index in [4.69, 9.17) is 26.1 Å². The minimum absolute atomic E-state index is 0.0646. The van der Waals surface area contributed by atoms with Gasteiger partial charge in [-0.2, -0.15) is 0 Å². The fourth-order valence-corrected chi connectivity index (χ4v) is 8.24. The third kappa shape index (κ3) is 7.30. The van der Waals surface area contributed by atoms with E-state index in [2.05, 4.69) is 20.0 Å². The van der Waals surface area contributed by atoms with Crippen molar-refractivity contribution in [2.24, 2.45) is 0 Å². The number of aromatic nitrogens is 3. The third-order valence-electron chi connectivity index (χ3n) is 7.32. The van der Waals surface area contributed by atoms with Crippen molar-refractivity contribution < 1.29 is 35.1 Å². The molecule has 0 atom stereocenters. The predicted molar refractivity (Wildman–Crippen MR) is 183 cm³/mol. The van der Waals surface area contributed by atoms with Crippen molar-refractivity contribution in [2.45, 2.75) is 9.79 Å². The summed E-state index contributed by atoms with van der Waals surface area (Å²) in [6, 6.07) is 13.3. The van der Waals surface area contributed by atoms with Crippen molar-refractivity contribution in [3.63, 3.8) is 0 Å². The van der Waals surface area contributed by atoms with Gasteiger partial charge in [-0.05, 0) is 42.5 Å². The molecule has 0 bridgehead atoms. The van der Waals surface area contributed by atoms with Gasteiger partial charge in [0.2, 0.25) is 5.95 Å². The molecule has 49 heavy (non-hydrogen) atoms. The first kappa shape index (κ1) is 34.4. The first-order valence-corrected chi connectivity index (χ1v) is 19.0. The number of anilines is 4. The van der Waals surface area contributed by atoms with Crippen molar-refractivity contribution in [1.82, 2.24) is 15.0 Å². The van der Waals surface area contributed by atoms with E-state index >= 15 is 0 Å². The second-order valence-electron chi connectivity index (χ2n) is 10.6. The van der Waals surface area contributed by atoms with Gasteiger partial charge in [-0.25, -0.2) is 40.6 Å². The van der Waals surface area contributed by atoms with Crippen LogP contribution in [-0.4, -0.2) is 71.5 Å². The van der Waals surface area contributed by atoms with Crippen molar-refractivity contribution in [3.05, 3.63) is 83.5 Å². The van der Waals surface area contributed by atoms with Gasteiger partial charge in [-0.3, -0.25) is 4.72 Å². The Morgan fingerprint density at radius 1 is 0.959 bits per heavy atom. The van der Waals surface area contributed by atoms with E-state index in [1.54, 1.807) is 12.1 Å². The first-order chi connectivity index (χ1) is 23.4. The lowest BCUT2D eigenvalue weighted by molar-refractivity contribution is 0.122. The zero-order chi connectivity index (χ0) is 34.9. The van der Waals surface area contributed by atoms with Crippen LogP contribution >= 0.6 is 22.9 Å². The van der Waals surface area contributed by atoms with Crippen LogP contribution in [0.5, 0.6) is 5.75 Å². The molecule has 1 fully saturated rings. The van der Waals surface area contributed by atoms with E-state index in [0.717, 1.165) is 24.5 Å². The second kappa shape index (κ2) is 13.8. The zero-order valence-corrected chi connectivity index (χ0v) is 29.0. The van der Waals surface area contributed by atoms with Crippen LogP contribution in [0.25, 0.3) is 21.8 Å². The molecule has 0 radical (unpaired) electrons. The highest BCUT2D eigenvalue weighted by Gasteiger charge is 2.27. The first-order valence-electron chi connectivity index (χ1n) is 14.4. The SMILES string of the molecule is COc1ccc(S(C)(=O)=O)cc1Nc1nccc(-c2sc(N3CCOCC3)nc2-c2cccc(NS(=O)(=O)c3c(F)cccc3F)c2Cl)n1. The number of ether oxygens (including phenoxy) is 2. The Bertz CT molecular complexity index is 2250. The number of nitrogens with one attached hydrogen (secondary N) is 2. The Morgan fingerprint density at radius 2 is 1.67 bits per heavy atom. The number of hydrogen-bond donors (Lipinski definition) is 2. The number of nitrogens with zero attached hydrogens (tertiary/aromatic N) is 4. The number of sulfone groups is 1. The van der Waals surface area contributed by atoms with Crippen molar-refractivity contribution in [1.29, 1.82) is 0 Å².